The minimum atomic E-state index is -0.356. The fourth-order valence-corrected chi connectivity index (χ4v) is 2.05. The Kier molecular flexibility index (Phi) is 4.59. The number of halogens is 2. The van der Waals surface area contributed by atoms with Crippen molar-refractivity contribution in [1.29, 1.82) is 5.26 Å². The van der Waals surface area contributed by atoms with Crippen LogP contribution in [0.25, 0.3) is 0 Å². The van der Waals surface area contributed by atoms with Gasteiger partial charge in [0.1, 0.15) is 6.04 Å². The molecule has 0 saturated heterocycles. The number of hydrogen-bond acceptors (Lipinski definition) is 2. The maximum atomic E-state index is 9.04. The first-order valence-electron chi connectivity index (χ1n) is 4.65. The fraction of sp³-hybridized carbons (Fsp3) is 0.364. The number of benzene rings is 1. The third-order valence-electron chi connectivity index (χ3n) is 1.90. The summed E-state index contributed by atoms with van der Waals surface area (Å²) < 4.78 is 0.914. The predicted octanol–water partition coefficient (Wildman–Crippen LogP) is 3.67. The predicted molar refractivity (Wildman–Crippen MR) is 65.8 cm³/mol. The van der Waals surface area contributed by atoms with Gasteiger partial charge >= 0.3 is 0 Å². The van der Waals surface area contributed by atoms with E-state index in [0.717, 1.165) is 10.0 Å². The molecular weight excluding hydrogens is 275 g/mol. The Morgan fingerprint density at radius 3 is 2.60 bits per heavy atom. The molecule has 0 bridgehead atoms. The van der Waals surface area contributed by atoms with Gasteiger partial charge in [-0.05, 0) is 26.0 Å². The smallest absolute Gasteiger partial charge is 0.123 e. The van der Waals surface area contributed by atoms with Crippen LogP contribution in [0.4, 0.5) is 0 Å². The Balaban J connectivity index is 2.98. The van der Waals surface area contributed by atoms with E-state index in [-0.39, 0.29) is 12.1 Å². The first-order valence-corrected chi connectivity index (χ1v) is 5.82. The van der Waals surface area contributed by atoms with Gasteiger partial charge in [0.15, 0.2) is 0 Å². The second-order valence-electron chi connectivity index (χ2n) is 3.55. The molecule has 0 aliphatic carbocycles. The van der Waals surface area contributed by atoms with Gasteiger partial charge in [-0.1, -0.05) is 33.6 Å². The summed E-state index contributed by atoms with van der Waals surface area (Å²) in [4.78, 5) is 0. The van der Waals surface area contributed by atoms with Crippen molar-refractivity contribution >= 4 is 27.5 Å². The molecule has 4 heteroatoms. The van der Waals surface area contributed by atoms with E-state index in [9.17, 15) is 0 Å². The Bertz CT molecular complexity index is 385. The summed E-state index contributed by atoms with van der Waals surface area (Å²) in [6.45, 7) is 3.99. The lowest BCUT2D eigenvalue weighted by molar-refractivity contribution is 0.546. The van der Waals surface area contributed by atoms with E-state index in [1.54, 1.807) is 6.07 Å². The monoisotopic (exact) mass is 286 g/mol. The molecule has 0 heterocycles. The molecule has 1 unspecified atom stereocenters. The zero-order valence-electron chi connectivity index (χ0n) is 8.59. The number of nitriles is 1. The third-order valence-corrected chi connectivity index (χ3v) is 2.72. The summed E-state index contributed by atoms with van der Waals surface area (Å²) in [5.74, 6) is 0. The summed E-state index contributed by atoms with van der Waals surface area (Å²) in [7, 11) is 0. The molecule has 0 spiro atoms. The van der Waals surface area contributed by atoms with E-state index in [2.05, 4.69) is 27.3 Å². The number of hydrogen-bond donors (Lipinski definition) is 1. The highest BCUT2D eigenvalue weighted by Crippen LogP contribution is 2.26. The van der Waals surface area contributed by atoms with Gasteiger partial charge in [-0.3, -0.25) is 5.32 Å². The van der Waals surface area contributed by atoms with E-state index in [0.29, 0.717) is 5.02 Å². The average Bonchev–Trinajstić information content (AvgIpc) is 2.14. The molecule has 2 nitrogen and oxygen atoms in total. The van der Waals surface area contributed by atoms with Gasteiger partial charge in [-0.25, -0.2) is 0 Å². The van der Waals surface area contributed by atoms with Crippen molar-refractivity contribution in [3.05, 3.63) is 33.3 Å². The summed E-state index contributed by atoms with van der Waals surface area (Å²) in [6.07, 6.45) is 0. The van der Waals surface area contributed by atoms with Crippen molar-refractivity contribution in [2.24, 2.45) is 0 Å². The molecule has 0 saturated carbocycles. The second-order valence-corrected chi connectivity index (χ2v) is 4.87. The van der Waals surface area contributed by atoms with Gasteiger partial charge < -0.3 is 0 Å². The summed E-state index contributed by atoms with van der Waals surface area (Å²) in [6, 6.07) is 7.62. The van der Waals surface area contributed by atoms with Gasteiger partial charge in [-0.15, -0.1) is 0 Å². The molecule has 0 aliphatic heterocycles. The van der Waals surface area contributed by atoms with Gasteiger partial charge in [0.25, 0.3) is 0 Å². The number of rotatable bonds is 3. The van der Waals surface area contributed by atoms with E-state index >= 15 is 0 Å². The molecule has 80 valence electrons. The van der Waals surface area contributed by atoms with Crippen molar-refractivity contribution < 1.29 is 0 Å². The highest BCUT2D eigenvalue weighted by Gasteiger charge is 2.14. The Morgan fingerprint density at radius 1 is 1.47 bits per heavy atom. The average molecular weight is 288 g/mol. The van der Waals surface area contributed by atoms with Crippen LogP contribution >= 0.6 is 27.5 Å². The van der Waals surface area contributed by atoms with Gasteiger partial charge in [0.05, 0.1) is 6.07 Å². The molecule has 0 aliphatic rings. The minimum absolute atomic E-state index is 0.245. The summed E-state index contributed by atoms with van der Waals surface area (Å²) >= 11 is 9.40. The zero-order chi connectivity index (χ0) is 11.4. The van der Waals surface area contributed by atoms with Gasteiger partial charge in [0, 0.05) is 21.1 Å². The van der Waals surface area contributed by atoms with Crippen LogP contribution in [-0.2, 0) is 0 Å². The molecule has 1 N–H and O–H groups in total. The maximum Gasteiger partial charge on any atom is 0.123 e. The molecule has 0 fully saturated rings. The van der Waals surface area contributed by atoms with Crippen molar-refractivity contribution in [2.75, 3.05) is 0 Å². The van der Waals surface area contributed by atoms with Crippen LogP contribution in [-0.4, -0.2) is 6.04 Å². The Morgan fingerprint density at radius 2 is 2.13 bits per heavy atom. The first-order chi connectivity index (χ1) is 7.04. The lowest BCUT2D eigenvalue weighted by Gasteiger charge is -2.16. The molecule has 1 atom stereocenters. The van der Waals surface area contributed by atoms with Crippen molar-refractivity contribution in [2.45, 2.75) is 25.9 Å². The molecule has 1 aromatic rings. The lowest BCUT2D eigenvalue weighted by atomic mass is 10.1. The molecule has 0 aromatic heterocycles. The molecular formula is C11H12BrClN2. The van der Waals surface area contributed by atoms with Crippen LogP contribution < -0.4 is 5.32 Å². The molecule has 0 radical (unpaired) electrons. The standard InChI is InChI=1S/C11H12BrClN2/c1-7(2)15-11(6-14)9-4-3-8(12)5-10(9)13/h3-5,7,11,15H,1-2H3. The molecule has 1 rings (SSSR count). The maximum absolute atomic E-state index is 9.04. The molecule has 15 heavy (non-hydrogen) atoms. The fourth-order valence-electron chi connectivity index (χ4n) is 1.27. The van der Waals surface area contributed by atoms with E-state index in [4.69, 9.17) is 16.9 Å². The molecule has 1 aromatic carbocycles. The number of nitrogens with one attached hydrogen (secondary N) is 1. The largest absolute Gasteiger partial charge is 0.296 e. The SMILES string of the molecule is CC(C)NC(C#N)c1ccc(Br)cc1Cl. The summed E-state index contributed by atoms with van der Waals surface area (Å²) in [5.41, 5.74) is 0.816. The topological polar surface area (TPSA) is 35.8 Å². The van der Waals surface area contributed by atoms with Crippen LogP contribution in [0.2, 0.25) is 5.02 Å². The third kappa shape index (κ3) is 3.49. The summed E-state index contributed by atoms with van der Waals surface area (Å²) in [5, 5.41) is 12.8. The van der Waals surface area contributed by atoms with Crippen molar-refractivity contribution in [3.63, 3.8) is 0 Å². The Hall–Kier alpha value is -0.560. The van der Waals surface area contributed by atoms with Crippen molar-refractivity contribution in [3.8, 4) is 6.07 Å². The van der Waals surface area contributed by atoms with E-state index in [1.165, 1.54) is 0 Å². The quantitative estimate of drug-likeness (QED) is 0.921. The highest BCUT2D eigenvalue weighted by molar-refractivity contribution is 9.10. The van der Waals surface area contributed by atoms with Crippen LogP contribution in [0, 0.1) is 11.3 Å². The van der Waals surface area contributed by atoms with Crippen LogP contribution in [0.3, 0.4) is 0 Å². The van der Waals surface area contributed by atoms with E-state index < -0.39 is 0 Å². The lowest BCUT2D eigenvalue weighted by Crippen LogP contribution is -2.27. The van der Waals surface area contributed by atoms with Crippen molar-refractivity contribution in [1.82, 2.24) is 5.32 Å². The zero-order valence-corrected chi connectivity index (χ0v) is 10.9. The first kappa shape index (κ1) is 12.5. The van der Waals surface area contributed by atoms with Gasteiger partial charge in [-0.2, -0.15) is 5.26 Å². The minimum Gasteiger partial charge on any atom is -0.296 e. The Labute approximate surface area is 103 Å². The number of nitrogens with zero attached hydrogens (tertiary/aromatic N) is 1. The van der Waals surface area contributed by atoms with E-state index in [1.807, 2.05) is 26.0 Å². The second kappa shape index (κ2) is 5.50. The highest BCUT2D eigenvalue weighted by atomic mass is 79.9. The van der Waals surface area contributed by atoms with Gasteiger partial charge in [0.2, 0.25) is 0 Å². The van der Waals surface area contributed by atoms with Crippen LogP contribution in [0.1, 0.15) is 25.5 Å². The normalized spacial score (nSPS) is 12.5. The molecule has 0 amide bonds. The van der Waals surface area contributed by atoms with Crippen LogP contribution in [0.5, 0.6) is 0 Å². The van der Waals surface area contributed by atoms with Crippen LogP contribution in [0.15, 0.2) is 22.7 Å².